The molecular weight excluding hydrogens is 211 g/mol. The van der Waals surface area contributed by atoms with Gasteiger partial charge in [0.25, 0.3) is 0 Å². The summed E-state index contributed by atoms with van der Waals surface area (Å²) in [5.41, 5.74) is 2.30. The standard InChI is InChI=1S/C13H20O.K/c1-5-13(4,6-2)11-8-7-10(3)9-12(11)14;/h7-9,14H,5-6H2,1-4H3;. The first-order valence-electron chi connectivity index (χ1n) is 5.33. The van der Waals surface area contributed by atoms with E-state index in [4.69, 9.17) is 0 Å². The van der Waals surface area contributed by atoms with E-state index in [1.807, 2.05) is 13.0 Å². The van der Waals surface area contributed by atoms with Gasteiger partial charge < -0.3 is 5.11 Å². The second kappa shape index (κ2) is 6.41. The molecule has 15 heavy (non-hydrogen) atoms. The van der Waals surface area contributed by atoms with Crippen molar-refractivity contribution in [2.24, 2.45) is 0 Å². The Bertz CT molecular complexity index is 316. The van der Waals surface area contributed by atoms with Gasteiger partial charge in [0.15, 0.2) is 0 Å². The fourth-order valence-corrected chi connectivity index (χ4v) is 1.78. The number of aryl methyl sites for hydroxylation is 1. The number of phenols is 1. The van der Waals surface area contributed by atoms with E-state index >= 15 is 0 Å². The fourth-order valence-electron chi connectivity index (χ4n) is 1.78. The summed E-state index contributed by atoms with van der Waals surface area (Å²) in [6.07, 6.45) is 2.11. The van der Waals surface area contributed by atoms with Gasteiger partial charge >= 0.3 is 0 Å². The maximum Gasteiger partial charge on any atom is 0.119 e. The topological polar surface area (TPSA) is 20.2 Å². The first kappa shape index (κ1) is 15.7. The van der Waals surface area contributed by atoms with Crippen molar-refractivity contribution in [2.75, 3.05) is 0 Å². The molecule has 0 aliphatic rings. The molecular formula is C13H20KO. The first-order chi connectivity index (χ1) is 6.53. The fraction of sp³-hybridized carbons (Fsp3) is 0.538. The van der Waals surface area contributed by atoms with Gasteiger partial charge in [0.1, 0.15) is 5.75 Å². The normalized spacial score (nSPS) is 10.9. The zero-order valence-corrected chi connectivity index (χ0v) is 13.7. The number of phenolic OH excluding ortho intramolecular Hbond substituents is 1. The van der Waals surface area contributed by atoms with Crippen LogP contribution in [0.4, 0.5) is 0 Å². The summed E-state index contributed by atoms with van der Waals surface area (Å²) in [6, 6.07) is 5.97. The number of benzene rings is 1. The maximum atomic E-state index is 9.89. The van der Waals surface area contributed by atoms with Gasteiger partial charge in [-0.05, 0) is 42.4 Å². The largest absolute Gasteiger partial charge is 0.508 e. The molecule has 1 nitrogen and oxygen atoms in total. The van der Waals surface area contributed by atoms with Gasteiger partial charge in [0.2, 0.25) is 0 Å². The first-order valence-corrected chi connectivity index (χ1v) is 5.33. The van der Waals surface area contributed by atoms with Gasteiger partial charge in [0.05, 0.1) is 0 Å². The predicted molar refractivity (Wildman–Crippen MR) is 66.5 cm³/mol. The summed E-state index contributed by atoms with van der Waals surface area (Å²) in [5.74, 6) is 0.441. The number of rotatable bonds is 3. The third-order valence-corrected chi connectivity index (χ3v) is 3.36. The van der Waals surface area contributed by atoms with Crippen LogP contribution in [0.15, 0.2) is 18.2 Å². The van der Waals surface area contributed by atoms with E-state index in [1.54, 1.807) is 0 Å². The van der Waals surface area contributed by atoms with Crippen molar-refractivity contribution < 1.29 is 5.11 Å². The summed E-state index contributed by atoms with van der Waals surface area (Å²) in [4.78, 5) is 0. The maximum absolute atomic E-state index is 9.89. The van der Waals surface area contributed by atoms with Crippen molar-refractivity contribution in [2.45, 2.75) is 46.0 Å². The molecule has 1 N–H and O–H groups in total. The van der Waals surface area contributed by atoms with E-state index < -0.39 is 0 Å². The molecule has 0 saturated carbocycles. The number of hydrogen-bond acceptors (Lipinski definition) is 1. The monoisotopic (exact) mass is 231 g/mol. The van der Waals surface area contributed by atoms with Crippen LogP contribution in [-0.2, 0) is 5.41 Å². The van der Waals surface area contributed by atoms with Crippen LogP contribution in [0.5, 0.6) is 5.75 Å². The van der Waals surface area contributed by atoms with Crippen molar-refractivity contribution in [1.82, 2.24) is 0 Å². The van der Waals surface area contributed by atoms with E-state index in [0.717, 1.165) is 24.0 Å². The van der Waals surface area contributed by atoms with E-state index in [0.29, 0.717) is 5.75 Å². The Kier molecular flexibility index (Phi) is 6.69. The Labute approximate surface area is 136 Å². The van der Waals surface area contributed by atoms with Crippen molar-refractivity contribution in [3.63, 3.8) is 0 Å². The minimum Gasteiger partial charge on any atom is -0.508 e. The van der Waals surface area contributed by atoms with Crippen LogP contribution in [0, 0.1) is 6.92 Å². The van der Waals surface area contributed by atoms with Gasteiger partial charge in [0, 0.05) is 51.4 Å². The predicted octanol–water partition coefficient (Wildman–Crippen LogP) is 3.40. The summed E-state index contributed by atoms with van der Waals surface area (Å²) in [7, 11) is 0. The third-order valence-electron chi connectivity index (χ3n) is 3.36. The van der Waals surface area contributed by atoms with Crippen LogP contribution in [0.3, 0.4) is 0 Å². The molecule has 0 amide bonds. The minimum atomic E-state index is 0. The van der Waals surface area contributed by atoms with E-state index in [-0.39, 0.29) is 56.8 Å². The molecule has 1 radical (unpaired) electrons. The molecule has 1 aromatic rings. The molecule has 79 valence electrons. The van der Waals surface area contributed by atoms with Crippen LogP contribution in [0.25, 0.3) is 0 Å². The molecule has 0 spiro atoms. The molecule has 2 heteroatoms. The van der Waals surface area contributed by atoms with Crippen molar-refractivity contribution >= 4 is 51.4 Å². The average Bonchev–Trinajstić information content (AvgIpc) is 2.17. The molecule has 0 fully saturated rings. The molecule has 0 aliphatic heterocycles. The molecule has 0 saturated heterocycles. The summed E-state index contributed by atoms with van der Waals surface area (Å²) >= 11 is 0. The van der Waals surface area contributed by atoms with Crippen LogP contribution >= 0.6 is 0 Å². The van der Waals surface area contributed by atoms with Crippen LogP contribution in [-0.4, -0.2) is 56.5 Å². The average molecular weight is 231 g/mol. The zero-order chi connectivity index (χ0) is 10.8. The zero-order valence-electron chi connectivity index (χ0n) is 10.6. The molecule has 0 bridgehead atoms. The molecule has 0 atom stereocenters. The van der Waals surface area contributed by atoms with Crippen molar-refractivity contribution in [1.29, 1.82) is 0 Å². The van der Waals surface area contributed by atoms with E-state index in [1.165, 1.54) is 0 Å². The van der Waals surface area contributed by atoms with Gasteiger partial charge in [-0.3, -0.25) is 0 Å². The Hall–Kier alpha value is 0.656. The minimum absolute atomic E-state index is 0. The van der Waals surface area contributed by atoms with E-state index in [9.17, 15) is 5.11 Å². The quantitative estimate of drug-likeness (QED) is 0.791. The Morgan fingerprint density at radius 3 is 2.13 bits per heavy atom. The number of aromatic hydroxyl groups is 1. The van der Waals surface area contributed by atoms with Gasteiger partial charge in [-0.2, -0.15) is 0 Å². The SMILES string of the molecule is CCC(C)(CC)c1ccc(C)cc1O.[K]. The Morgan fingerprint density at radius 2 is 1.73 bits per heavy atom. The number of hydrogen-bond donors (Lipinski definition) is 1. The molecule has 0 unspecified atom stereocenters. The van der Waals surface area contributed by atoms with Crippen LogP contribution in [0.2, 0.25) is 0 Å². The van der Waals surface area contributed by atoms with Gasteiger partial charge in [-0.25, -0.2) is 0 Å². The third kappa shape index (κ3) is 3.57. The van der Waals surface area contributed by atoms with E-state index in [2.05, 4.69) is 32.9 Å². The Balaban J connectivity index is 0.00000196. The molecule has 1 rings (SSSR count). The second-order valence-electron chi connectivity index (χ2n) is 4.29. The molecule has 0 aliphatic carbocycles. The van der Waals surface area contributed by atoms with Crippen molar-refractivity contribution in [3.05, 3.63) is 29.3 Å². The summed E-state index contributed by atoms with van der Waals surface area (Å²) < 4.78 is 0. The molecule has 0 heterocycles. The van der Waals surface area contributed by atoms with Crippen LogP contribution < -0.4 is 0 Å². The van der Waals surface area contributed by atoms with Gasteiger partial charge in [-0.15, -0.1) is 0 Å². The van der Waals surface area contributed by atoms with Crippen molar-refractivity contribution in [3.8, 4) is 5.75 Å². The summed E-state index contributed by atoms with van der Waals surface area (Å²) in [6.45, 7) is 8.54. The van der Waals surface area contributed by atoms with Crippen LogP contribution in [0.1, 0.15) is 44.7 Å². The summed E-state index contributed by atoms with van der Waals surface area (Å²) in [5, 5.41) is 9.89. The second-order valence-corrected chi connectivity index (χ2v) is 4.29. The smallest absolute Gasteiger partial charge is 0.119 e. The van der Waals surface area contributed by atoms with Gasteiger partial charge in [-0.1, -0.05) is 32.9 Å². The molecule has 1 aromatic carbocycles. The molecule has 0 aromatic heterocycles. The Morgan fingerprint density at radius 1 is 1.20 bits per heavy atom.